The monoisotopic (exact) mass is 244 g/mol. The van der Waals surface area contributed by atoms with E-state index < -0.39 is 0 Å². The van der Waals surface area contributed by atoms with Crippen molar-refractivity contribution in [1.82, 2.24) is 20.1 Å². The fourth-order valence-electron chi connectivity index (χ4n) is 2.05. The van der Waals surface area contributed by atoms with E-state index in [-0.39, 0.29) is 6.04 Å². The van der Waals surface area contributed by atoms with Gasteiger partial charge < -0.3 is 5.32 Å². The summed E-state index contributed by atoms with van der Waals surface area (Å²) in [7, 11) is 1.98. The van der Waals surface area contributed by atoms with Gasteiger partial charge >= 0.3 is 0 Å². The number of nitrogens with one attached hydrogen (secondary N) is 1. The summed E-state index contributed by atoms with van der Waals surface area (Å²) in [5.41, 5.74) is 2.31. The standard InChI is InChI=1S/C14H20N4/c1-3-8-16-13(14-7-10-17-18(14)2)11-12-6-4-5-9-15-12/h4-7,9-10,13,16H,3,8,11H2,1-2H3. The Balaban J connectivity index is 2.13. The molecule has 0 fully saturated rings. The number of hydrogen-bond donors (Lipinski definition) is 1. The summed E-state index contributed by atoms with van der Waals surface area (Å²) < 4.78 is 1.93. The van der Waals surface area contributed by atoms with E-state index in [1.54, 1.807) is 0 Å². The van der Waals surface area contributed by atoms with Crippen LogP contribution in [-0.2, 0) is 13.5 Å². The quantitative estimate of drug-likeness (QED) is 0.846. The van der Waals surface area contributed by atoms with Gasteiger partial charge in [0.1, 0.15) is 0 Å². The molecule has 0 saturated heterocycles. The highest BCUT2D eigenvalue weighted by Crippen LogP contribution is 2.16. The maximum absolute atomic E-state index is 4.40. The van der Waals surface area contributed by atoms with Crippen LogP contribution in [0.4, 0.5) is 0 Å². The number of pyridine rings is 1. The molecule has 2 rings (SSSR count). The Kier molecular flexibility index (Phi) is 4.47. The predicted molar refractivity (Wildman–Crippen MR) is 72.2 cm³/mol. The van der Waals surface area contributed by atoms with Gasteiger partial charge in [-0.2, -0.15) is 5.10 Å². The molecule has 1 unspecified atom stereocenters. The zero-order valence-corrected chi connectivity index (χ0v) is 11.0. The highest BCUT2D eigenvalue weighted by Gasteiger charge is 2.15. The van der Waals surface area contributed by atoms with Crippen molar-refractivity contribution < 1.29 is 0 Å². The van der Waals surface area contributed by atoms with Crippen LogP contribution >= 0.6 is 0 Å². The van der Waals surface area contributed by atoms with Crippen LogP contribution in [0.3, 0.4) is 0 Å². The molecule has 0 aliphatic carbocycles. The molecule has 0 aliphatic heterocycles. The van der Waals surface area contributed by atoms with Crippen LogP contribution in [0.25, 0.3) is 0 Å². The number of hydrogen-bond acceptors (Lipinski definition) is 3. The Morgan fingerprint density at radius 2 is 2.17 bits per heavy atom. The van der Waals surface area contributed by atoms with Crippen molar-refractivity contribution in [3.8, 4) is 0 Å². The maximum Gasteiger partial charge on any atom is 0.0554 e. The SMILES string of the molecule is CCCNC(Cc1ccccn1)c1ccnn1C. The normalized spacial score (nSPS) is 12.6. The summed E-state index contributed by atoms with van der Waals surface area (Å²) in [4.78, 5) is 4.40. The first-order chi connectivity index (χ1) is 8.81. The van der Waals surface area contributed by atoms with Crippen LogP contribution in [0.1, 0.15) is 30.8 Å². The van der Waals surface area contributed by atoms with Crippen LogP contribution < -0.4 is 5.32 Å². The average Bonchev–Trinajstić information content (AvgIpc) is 2.82. The van der Waals surface area contributed by atoms with Crippen molar-refractivity contribution >= 4 is 0 Å². The topological polar surface area (TPSA) is 42.7 Å². The Bertz CT molecular complexity index is 464. The highest BCUT2D eigenvalue weighted by molar-refractivity contribution is 5.13. The molecule has 1 atom stereocenters. The molecule has 1 N–H and O–H groups in total. The Morgan fingerprint density at radius 1 is 1.28 bits per heavy atom. The summed E-state index contributed by atoms with van der Waals surface area (Å²) in [6.45, 7) is 3.18. The van der Waals surface area contributed by atoms with Gasteiger partial charge in [0.05, 0.1) is 11.7 Å². The van der Waals surface area contributed by atoms with E-state index in [0.29, 0.717) is 0 Å². The molecule has 0 spiro atoms. The Morgan fingerprint density at radius 3 is 2.78 bits per heavy atom. The van der Waals surface area contributed by atoms with E-state index in [4.69, 9.17) is 0 Å². The summed E-state index contributed by atoms with van der Waals surface area (Å²) >= 11 is 0. The van der Waals surface area contributed by atoms with Gasteiger partial charge in [0.2, 0.25) is 0 Å². The second kappa shape index (κ2) is 6.31. The van der Waals surface area contributed by atoms with Gasteiger partial charge in [-0.3, -0.25) is 9.67 Å². The molecular formula is C14H20N4. The van der Waals surface area contributed by atoms with Crippen molar-refractivity contribution in [2.75, 3.05) is 6.54 Å². The second-order valence-electron chi connectivity index (χ2n) is 4.41. The van der Waals surface area contributed by atoms with Gasteiger partial charge in [-0.25, -0.2) is 0 Å². The first-order valence-electron chi connectivity index (χ1n) is 6.42. The van der Waals surface area contributed by atoms with Crippen LogP contribution in [0.15, 0.2) is 36.7 Å². The van der Waals surface area contributed by atoms with Crippen molar-refractivity contribution in [2.24, 2.45) is 7.05 Å². The molecule has 0 radical (unpaired) electrons. The number of nitrogens with zero attached hydrogens (tertiary/aromatic N) is 3. The minimum Gasteiger partial charge on any atom is -0.308 e. The maximum atomic E-state index is 4.40. The van der Waals surface area contributed by atoms with Gasteiger partial charge in [-0.1, -0.05) is 13.0 Å². The molecule has 0 saturated carbocycles. The van der Waals surface area contributed by atoms with Gasteiger partial charge in [0.15, 0.2) is 0 Å². The molecule has 18 heavy (non-hydrogen) atoms. The molecule has 0 amide bonds. The summed E-state index contributed by atoms with van der Waals surface area (Å²) in [5.74, 6) is 0. The lowest BCUT2D eigenvalue weighted by atomic mass is 10.1. The third kappa shape index (κ3) is 3.17. The highest BCUT2D eigenvalue weighted by atomic mass is 15.3. The predicted octanol–water partition coefficient (Wildman–Crippen LogP) is 2.10. The number of aryl methyl sites for hydroxylation is 1. The van der Waals surface area contributed by atoms with Crippen molar-refractivity contribution in [1.29, 1.82) is 0 Å². The second-order valence-corrected chi connectivity index (χ2v) is 4.41. The van der Waals surface area contributed by atoms with Crippen molar-refractivity contribution in [3.63, 3.8) is 0 Å². The molecule has 0 bridgehead atoms. The van der Waals surface area contributed by atoms with Gasteiger partial charge in [0.25, 0.3) is 0 Å². The van der Waals surface area contributed by atoms with Crippen molar-refractivity contribution in [2.45, 2.75) is 25.8 Å². The van der Waals surface area contributed by atoms with E-state index >= 15 is 0 Å². The molecule has 0 aliphatic rings. The molecule has 4 heteroatoms. The van der Waals surface area contributed by atoms with Crippen LogP contribution in [0.5, 0.6) is 0 Å². The zero-order chi connectivity index (χ0) is 12.8. The lowest BCUT2D eigenvalue weighted by molar-refractivity contribution is 0.489. The van der Waals surface area contributed by atoms with E-state index in [2.05, 4.69) is 34.5 Å². The van der Waals surface area contributed by atoms with Crippen LogP contribution in [0.2, 0.25) is 0 Å². The molecule has 4 nitrogen and oxygen atoms in total. The molecular weight excluding hydrogens is 224 g/mol. The largest absolute Gasteiger partial charge is 0.308 e. The third-order valence-corrected chi connectivity index (χ3v) is 3.00. The summed E-state index contributed by atoms with van der Waals surface area (Å²) in [5, 5.41) is 7.80. The van der Waals surface area contributed by atoms with Crippen LogP contribution in [-0.4, -0.2) is 21.3 Å². The average molecular weight is 244 g/mol. The van der Waals surface area contributed by atoms with Crippen molar-refractivity contribution in [3.05, 3.63) is 48.0 Å². The Labute approximate surface area is 108 Å². The summed E-state index contributed by atoms with van der Waals surface area (Å²) in [6, 6.07) is 8.38. The molecule has 0 aromatic carbocycles. The van der Waals surface area contributed by atoms with E-state index in [1.807, 2.05) is 36.3 Å². The molecule has 2 heterocycles. The third-order valence-electron chi connectivity index (χ3n) is 3.00. The lowest BCUT2D eigenvalue weighted by Crippen LogP contribution is -2.26. The lowest BCUT2D eigenvalue weighted by Gasteiger charge is -2.18. The van der Waals surface area contributed by atoms with Crippen LogP contribution in [0, 0.1) is 0 Å². The van der Waals surface area contributed by atoms with Gasteiger partial charge in [-0.05, 0) is 31.2 Å². The fraction of sp³-hybridized carbons (Fsp3) is 0.429. The van der Waals surface area contributed by atoms with E-state index in [9.17, 15) is 0 Å². The fourth-order valence-corrected chi connectivity index (χ4v) is 2.05. The minimum absolute atomic E-state index is 0.271. The van der Waals surface area contributed by atoms with E-state index in [0.717, 1.165) is 25.1 Å². The van der Waals surface area contributed by atoms with E-state index in [1.165, 1.54) is 5.69 Å². The summed E-state index contributed by atoms with van der Waals surface area (Å²) in [6.07, 6.45) is 5.70. The molecule has 2 aromatic heterocycles. The first-order valence-corrected chi connectivity index (χ1v) is 6.42. The number of rotatable bonds is 6. The minimum atomic E-state index is 0.271. The number of aromatic nitrogens is 3. The first kappa shape index (κ1) is 12.8. The molecule has 2 aromatic rings. The molecule has 96 valence electrons. The smallest absolute Gasteiger partial charge is 0.0554 e. The van der Waals surface area contributed by atoms with Gasteiger partial charge in [0, 0.05) is 31.6 Å². The zero-order valence-electron chi connectivity index (χ0n) is 11.0. The Hall–Kier alpha value is -1.68. The van der Waals surface area contributed by atoms with Gasteiger partial charge in [-0.15, -0.1) is 0 Å².